The zero-order chi connectivity index (χ0) is 20.5. The minimum absolute atomic E-state index is 0.454. The molecule has 7 nitrogen and oxygen atoms in total. The number of hydrogen-bond acceptors (Lipinski definition) is 7. The second-order valence-corrected chi connectivity index (χ2v) is 8.14. The van der Waals surface area contributed by atoms with E-state index in [1.165, 1.54) is 10.4 Å². The normalized spacial score (nSPS) is 14.3. The number of rotatable bonds is 4. The molecule has 0 aliphatic carbocycles. The summed E-state index contributed by atoms with van der Waals surface area (Å²) < 4.78 is 0. The number of carbonyl (C=O) groups excluding carboxylic acids is 1. The van der Waals surface area contributed by atoms with Gasteiger partial charge in [0.05, 0.1) is 10.9 Å². The van der Waals surface area contributed by atoms with Crippen LogP contribution in [0.15, 0.2) is 61.1 Å². The monoisotopic (exact) mass is 416 g/mol. The van der Waals surface area contributed by atoms with Crippen molar-refractivity contribution in [3.63, 3.8) is 0 Å². The summed E-state index contributed by atoms with van der Waals surface area (Å²) >= 11 is 1.68. The fraction of sp³-hybridized carbons (Fsp3) is 0.182. The number of aromatic nitrogens is 3. The lowest BCUT2D eigenvalue weighted by molar-refractivity contribution is 0.100. The Balaban J connectivity index is 1.40. The van der Waals surface area contributed by atoms with Crippen LogP contribution in [0.2, 0.25) is 0 Å². The van der Waals surface area contributed by atoms with E-state index >= 15 is 0 Å². The van der Waals surface area contributed by atoms with Gasteiger partial charge in [-0.3, -0.25) is 4.79 Å². The number of benzene rings is 1. The van der Waals surface area contributed by atoms with Crippen LogP contribution in [0.25, 0.3) is 20.7 Å². The fourth-order valence-electron chi connectivity index (χ4n) is 3.81. The van der Waals surface area contributed by atoms with Crippen molar-refractivity contribution >= 4 is 39.1 Å². The summed E-state index contributed by atoms with van der Waals surface area (Å²) in [7, 11) is 0. The maximum Gasteiger partial charge on any atom is 0.252 e. The molecule has 5 rings (SSSR count). The molecule has 1 fully saturated rings. The molecule has 0 radical (unpaired) electrons. The smallest absolute Gasteiger partial charge is 0.252 e. The fourth-order valence-corrected chi connectivity index (χ4v) is 4.81. The molecule has 0 atom stereocenters. The molecule has 8 heteroatoms. The molecule has 4 heterocycles. The second-order valence-electron chi connectivity index (χ2n) is 7.11. The minimum atomic E-state index is -0.454. The van der Waals surface area contributed by atoms with Crippen LogP contribution in [0.4, 0.5) is 11.6 Å². The van der Waals surface area contributed by atoms with Crippen molar-refractivity contribution < 1.29 is 4.79 Å². The average molecular weight is 417 g/mol. The first-order chi connectivity index (χ1) is 14.7. The predicted molar refractivity (Wildman–Crippen MR) is 120 cm³/mol. The van der Waals surface area contributed by atoms with Gasteiger partial charge in [0, 0.05) is 37.3 Å². The van der Waals surface area contributed by atoms with Gasteiger partial charge in [-0.15, -0.1) is 11.3 Å². The summed E-state index contributed by atoms with van der Waals surface area (Å²) in [6.45, 7) is 3.02. The van der Waals surface area contributed by atoms with Crippen molar-refractivity contribution in [3.05, 3.63) is 66.6 Å². The first kappa shape index (κ1) is 18.5. The van der Waals surface area contributed by atoms with E-state index in [2.05, 4.69) is 43.0 Å². The van der Waals surface area contributed by atoms with Crippen LogP contribution >= 0.6 is 11.3 Å². The topological polar surface area (TPSA) is 88.2 Å². The van der Waals surface area contributed by atoms with Gasteiger partial charge >= 0.3 is 0 Å². The van der Waals surface area contributed by atoms with Gasteiger partial charge in [-0.2, -0.15) is 0 Å². The summed E-state index contributed by atoms with van der Waals surface area (Å²) in [5, 5.41) is 1.07. The van der Waals surface area contributed by atoms with E-state index < -0.39 is 5.91 Å². The Bertz CT molecular complexity index is 1200. The van der Waals surface area contributed by atoms with E-state index in [0.717, 1.165) is 42.2 Å². The highest BCUT2D eigenvalue weighted by molar-refractivity contribution is 7.21. The zero-order valence-electron chi connectivity index (χ0n) is 16.2. The SMILES string of the molecule is NC(=O)c1cccnc1N1CCN(c2ncnc3sc(-c4ccccc4)cc23)CC1. The van der Waals surface area contributed by atoms with Crippen molar-refractivity contribution in [2.24, 2.45) is 5.73 Å². The molecule has 4 aromatic rings. The van der Waals surface area contributed by atoms with E-state index in [4.69, 9.17) is 5.73 Å². The number of fused-ring (bicyclic) bond motifs is 1. The highest BCUT2D eigenvalue weighted by Gasteiger charge is 2.24. The number of anilines is 2. The van der Waals surface area contributed by atoms with E-state index in [0.29, 0.717) is 11.4 Å². The minimum Gasteiger partial charge on any atom is -0.365 e. The molecule has 2 N–H and O–H groups in total. The van der Waals surface area contributed by atoms with E-state index in [-0.39, 0.29) is 0 Å². The highest BCUT2D eigenvalue weighted by Crippen LogP contribution is 2.36. The summed E-state index contributed by atoms with van der Waals surface area (Å²) in [5.74, 6) is 1.15. The van der Waals surface area contributed by atoms with Crippen LogP contribution < -0.4 is 15.5 Å². The van der Waals surface area contributed by atoms with Gasteiger partial charge in [-0.05, 0) is 23.8 Å². The van der Waals surface area contributed by atoms with Gasteiger partial charge in [-0.25, -0.2) is 15.0 Å². The Labute approximate surface area is 177 Å². The van der Waals surface area contributed by atoms with Crippen LogP contribution in [-0.4, -0.2) is 47.0 Å². The number of hydrogen-bond donors (Lipinski definition) is 1. The highest BCUT2D eigenvalue weighted by atomic mass is 32.1. The second kappa shape index (κ2) is 7.72. The third-order valence-electron chi connectivity index (χ3n) is 5.30. The first-order valence-corrected chi connectivity index (χ1v) is 10.6. The number of amides is 1. The first-order valence-electron chi connectivity index (χ1n) is 9.75. The Hall–Kier alpha value is -3.52. The zero-order valence-corrected chi connectivity index (χ0v) is 17.0. The summed E-state index contributed by atoms with van der Waals surface area (Å²) in [5.41, 5.74) is 7.16. The maximum absolute atomic E-state index is 11.7. The number of pyridine rings is 1. The Morgan fingerprint density at radius 3 is 2.37 bits per heavy atom. The molecule has 1 amide bonds. The number of nitrogens with two attached hydrogens (primary N) is 1. The largest absolute Gasteiger partial charge is 0.365 e. The van der Waals surface area contributed by atoms with Crippen molar-refractivity contribution in [2.75, 3.05) is 36.0 Å². The summed E-state index contributed by atoms with van der Waals surface area (Å²) in [6.07, 6.45) is 3.33. The van der Waals surface area contributed by atoms with Crippen LogP contribution in [0, 0.1) is 0 Å². The molecule has 1 aliphatic rings. The molecule has 150 valence electrons. The maximum atomic E-state index is 11.7. The van der Waals surface area contributed by atoms with Crippen molar-refractivity contribution in [1.29, 1.82) is 0 Å². The van der Waals surface area contributed by atoms with Crippen LogP contribution in [0.3, 0.4) is 0 Å². The molecule has 3 aromatic heterocycles. The van der Waals surface area contributed by atoms with Crippen molar-refractivity contribution in [1.82, 2.24) is 15.0 Å². The van der Waals surface area contributed by atoms with E-state index in [9.17, 15) is 4.79 Å². The molecule has 0 saturated carbocycles. The number of thiophene rings is 1. The van der Waals surface area contributed by atoms with Crippen LogP contribution in [0.1, 0.15) is 10.4 Å². The Morgan fingerprint density at radius 1 is 0.900 bits per heavy atom. The van der Waals surface area contributed by atoms with E-state index in [1.54, 1.807) is 36.0 Å². The molecule has 0 unspecified atom stereocenters. The van der Waals surface area contributed by atoms with E-state index in [1.807, 2.05) is 18.2 Å². The predicted octanol–water partition coefficient (Wildman–Crippen LogP) is 3.18. The Kier molecular flexibility index (Phi) is 4.76. The van der Waals surface area contributed by atoms with Gasteiger partial charge < -0.3 is 15.5 Å². The van der Waals surface area contributed by atoms with Gasteiger partial charge in [0.15, 0.2) is 0 Å². The lowest BCUT2D eigenvalue weighted by Crippen LogP contribution is -2.47. The molecule has 1 aromatic carbocycles. The summed E-state index contributed by atoms with van der Waals surface area (Å²) in [6, 6.07) is 16.0. The van der Waals surface area contributed by atoms with Crippen molar-refractivity contribution in [3.8, 4) is 10.4 Å². The third-order valence-corrected chi connectivity index (χ3v) is 6.39. The number of carbonyl (C=O) groups is 1. The van der Waals surface area contributed by atoms with Gasteiger partial charge in [0.1, 0.15) is 22.8 Å². The molecule has 1 aliphatic heterocycles. The number of primary amides is 1. The van der Waals surface area contributed by atoms with Gasteiger partial charge in [-0.1, -0.05) is 30.3 Å². The molecular weight excluding hydrogens is 396 g/mol. The molecule has 30 heavy (non-hydrogen) atoms. The molecule has 0 bridgehead atoms. The third kappa shape index (κ3) is 3.35. The van der Waals surface area contributed by atoms with Crippen LogP contribution in [0.5, 0.6) is 0 Å². The Morgan fingerprint density at radius 2 is 1.63 bits per heavy atom. The quantitative estimate of drug-likeness (QED) is 0.550. The number of piperazine rings is 1. The average Bonchev–Trinajstić information content (AvgIpc) is 3.24. The molecule has 1 saturated heterocycles. The summed E-state index contributed by atoms with van der Waals surface area (Å²) in [4.78, 5) is 31.8. The van der Waals surface area contributed by atoms with Crippen LogP contribution in [-0.2, 0) is 0 Å². The number of nitrogens with zero attached hydrogens (tertiary/aromatic N) is 5. The lowest BCUT2D eigenvalue weighted by atomic mass is 10.1. The van der Waals surface area contributed by atoms with Crippen molar-refractivity contribution in [2.45, 2.75) is 0 Å². The van der Waals surface area contributed by atoms with Gasteiger partial charge in [0.2, 0.25) is 0 Å². The van der Waals surface area contributed by atoms with Gasteiger partial charge in [0.25, 0.3) is 5.91 Å². The molecular formula is C22H20N6OS. The lowest BCUT2D eigenvalue weighted by Gasteiger charge is -2.36. The standard InChI is InChI=1S/C22H20N6OS/c23-19(29)16-7-4-8-24-20(16)27-9-11-28(12-10-27)21-17-13-18(15-5-2-1-3-6-15)30-22(17)26-14-25-21/h1-8,13-14H,9-12H2,(H2,23,29). The molecule has 0 spiro atoms.